The van der Waals surface area contributed by atoms with Crippen LogP contribution in [-0.4, -0.2) is 41.8 Å². The first kappa shape index (κ1) is 23.8. The van der Waals surface area contributed by atoms with E-state index in [1.54, 1.807) is 25.4 Å². The van der Waals surface area contributed by atoms with Crippen LogP contribution in [0.15, 0.2) is 42.7 Å². The van der Waals surface area contributed by atoms with Crippen molar-refractivity contribution in [2.45, 2.75) is 51.3 Å². The summed E-state index contributed by atoms with van der Waals surface area (Å²) in [5, 5.41) is 4.12. The van der Waals surface area contributed by atoms with Crippen molar-refractivity contribution in [3.63, 3.8) is 0 Å². The number of nitrogens with one attached hydrogen (secondary N) is 1. The van der Waals surface area contributed by atoms with Crippen molar-refractivity contribution >= 4 is 22.4 Å². The number of halogens is 3. The molecule has 4 heterocycles. The van der Waals surface area contributed by atoms with Crippen LogP contribution in [-0.2, 0) is 4.74 Å². The van der Waals surface area contributed by atoms with Gasteiger partial charge in [-0.05, 0) is 38.8 Å². The highest BCUT2D eigenvalue weighted by atomic mass is 19.3. The predicted octanol–water partition coefficient (Wildman–Crippen LogP) is 5.21. The van der Waals surface area contributed by atoms with Crippen molar-refractivity contribution in [3.05, 3.63) is 59.7 Å². The van der Waals surface area contributed by atoms with Gasteiger partial charge in [-0.1, -0.05) is 18.2 Å². The number of ether oxygens (including phenoxy) is 1. The summed E-state index contributed by atoms with van der Waals surface area (Å²) in [4.78, 5) is 11.3. The van der Waals surface area contributed by atoms with Gasteiger partial charge in [0.2, 0.25) is 0 Å². The van der Waals surface area contributed by atoms with Crippen molar-refractivity contribution < 1.29 is 17.9 Å². The second kappa shape index (κ2) is 9.28. The van der Waals surface area contributed by atoms with Crippen LogP contribution in [0.4, 0.5) is 24.7 Å². The number of aromatic nitrogens is 2. The van der Waals surface area contributed by atoms with E-state index in [1.165, 1.54) is 12.1 Å². The number of benzene rings is 1. The van der Waals surface area contributed by atoms with Crippen LogP contribution in [0.5, 0.6) is 0 Å². The number of nitrogens with two attached hydrogens (primary N) is 1. The van der Waals surface area contributed by atoms with E-state index >= 15 is 0 Å². The van der Waals surface area contributed by atoms with Crippen molar-refractivity contribution in [1.82, 2.24) is 9.97 Å². The molecule has 3 atom stereocenters. The topological polar surface area (TPSA) is 76.3 Å². The summed E-state index contributed by atoms with van der Waals surface area (Å²) in [6, 6.07) is 7.39. The van der Waals surface area contributed by atoms with Crippen LogP contribution >= 0.6 is 0 Å². The van der Waals surface area contributed by atoms with Gasteiger partial charge in [-0.2, -0.15) is 0 Å². The number of anilines is 2. The lowest BCUT2D eigenvalue weighted by molar-refractivity contribution is 0.0974. The summed E-state index contributed by atoms with van der Waals surface area (Å²) in [5.41, 5.74) is 7.50. The van der Waals surface area contributed by atoms with E-state index in [-0.39, 0.29) is 23.1 Å². The van der Waals surface area contributed by atoms with E-state index in [4.69, 9.17) is 10.5 Å². The van der Waals surface area contributed by atoms with E-state index in [9.17, 15) is 13.2 Å². The first-order valence-electron chi connectivity index (χ1n) is 12.0. The maximum atomic E-state index is 14.7. The third-order valence-corrected chi connectivity index (χ3v) is 7.68. The van der Waals surface area contributed by atoms with Crippen LogP contribution in [0.1, 0.15) is 50.3 Å². The number of piperidine rings is 1. The van der Waals surface area contributed by atoms with E-state index in [1.807, 2.05) is 13.0 Å². The standard InChI is InChI=1S/C26H30F3N5O/c1-15(17-4-3-5-18(23(17)27)25(28)29)33-20-6-9-31-21-13-32-22(12-19(20)21)34-10-7-26(8-11-34)14-35-16(2)24(26)30/h3-6,9,12-13,15-16,24-25H,7-8,10-11,14,30H2,1-2H3,(H,31,33)/t15-,16+,24-/m1/s1. The molecule has 2 aliphatic rings. The highest BCUT2D eigenvalue weighted by molar-refractivity contribution is 5.92. The van der Waals surface area contributed by atoms with Crippen molar-refractivity contribution in [2.75, 3.05) is 29.9 Å². The number of nitrogens with zero attached hydrogens (tertiary/aromatic N) is 3. The zero-order valence-electron chi connectivity index (χ0n) is 19.8. The fraction of sp³-hybridized carbons (Fsp3) is 0.462. The molecule has 0 saturated carbocycles. The first-order chi connectivity index (χ1) is 16.8. The van der Waals surface area contributed by atoms with Crippen LogP contribution in [0.3, 0.4) is 0 Å². The normalized spacial score (nSPS) is 22.8. The third-order valence-electron chi connectivity index (χ3n) is 7.68. The molecule has 1 aromatic carbocycles. The van der Waals surface area contributed by atoms with Gasteiger partial charge in [0.05, 0.1) is 36.0 Å². The largest absolute Gasteiger partial charge is 0.378 e. The summed E-state index contributed by atoms with van der Waals surface area (Å²) in [6.07, 6.45) is 2.47. The molecule has 3 aromatic rings. The Kier molecular flexibility index (Phi) is 6.31. The Morgan fingerprint density at radius 3 is 2.60 bits per heavy atom. The Morgan fingerprint density at radius 2 is 1.91 bits per heavy atom. The van der Waals surface area contributed by atoms with Crippen molar-refractivity contribution in [3.8, 4) is 0 Å². The number of hydrogen-bond donors (Lipinski definition) is 2. The first-order valence-corrected chi connectivity index (χ1v) is 12.0. The molecule has 6 nitrogen and oxygen atoms in total. The third kappa shape index (κ3) is 4.31. The summed E-state index contributed by atoms with van der Waals surface area (Å²) >= 11 is 0. The molecule has 9 heteroatoms. The van der Waals surface area contributed by atoms with Crippen LogP contribution < -0.4 is 16.0 Å². The highest BCUT2D eigenvalue weighted by Gasteiger charge is 2.47. The van der Waals surface area contributed by atoms with Gasteiger partial charge >= 0.3 is 0 Å². The molecule has 1 spiro atoms. The van der Waals surface area contributed by atoms with Gasteiger partial charge in [-0.3, -0.25) is 4.98 Å². The SMILES string of the molecule is C[C@@H]1OCC2(CCN(c3cc4c(N[C@H](C)c5cccc(C(F)F)c5F)ccnc4cn3)CC2)[C@@H]1N. The Labute approximate surface area is 202 Å². The second-order valence-electron chi connectivity index (χ2n) is 9.73. The molecular weight excluding hydrogens is 455 g/mol. The Morgan fingerprint density at radius 1 is 1.17 bits per heavy atom. The molecule has 35 heavy (non-hydrogen) atoms. The minimum atomic E-state index is -2.87. The minimum absolute atomic E-state index is 0.0211. The lowest BCUT2D eigenvalue weighted by Crippen LogP contribution is -2.50. The average Bonchev–Trinajstić information content (AvgIpc) is 3.13. The second-order valence-corrected chi connectivity index (χ2v) is 9.73. The molecule has 186 valence electrons. The van der Waals surface area contributed by atoms with Gasteiger partial charge in [-0.15, -0.1) is 0 Å². The molecule has 0 aliphatic carbocycles. The molecule has 2 aliphatic heterocycles. The molecule has 3 N–H and O–H groups in total. The van der Waals surface area contributed by atoms with E-state index < -0.39 is 23.8 Å². The Bertz CT molecular complexity index is 1210. The summed E-state index contributed by atoms with van der Waals surface area (Å²) in [5.74, 6) is -0.0450. The number of hydrogen-bond acceptors (Lipinski definition) is 6. The molecular formula is C26H30F3N5O. The maximum absolute atomic E-state index is 14.7. The molecule has 2 fully saturated rings. The van der Waals surface area contributed by atoms with Crippen molar-refractivity contribution in [1.29, 1.82) is 0 Å². The molecule has 5 rings (SSSR count). The van der Waals surface area contributed by atoms with E-state index in [2.05, 4.69) is 20.2 Å². The Hall–Kier alpha value is -2.91. The number of fused-ring (bicyclic) bond motifs is 1. The van der Waals surface area contributed by atoms with Crippen LogP contribution in [0.2, 0.25) is 0 Å². The smallest absolute Gasteiger partial charge is 0.266 e. The van der Waals surface area contributed by atoms with Gasteiger partial charge in [0.15, 0.2) is 0 Å². The highest BCUT2D eigenvalue weighted by Crippen LogP contribution is 2.42. The zero-order chi connectivity index (χ0) is 24.7. The number of pyridine rings is 2. The van der Waals surface area contributed by atoms with Crippen molar-refractivity contribution in [2.24, 2.45) is 11.1 Å². The predicted molar refractivity (Wildman–Crippen MR) is 130 cm³/mol. The molecule has 0 amide bonds. The van der Waals surface area contributed by atoms with Gasteiger partial charge in [-0.25, -0.2) is 18.2 Å². The summed E-state index contributed by atoms with van der Waals surface area (Å²) in [7, 11) is 0. The van der Waals surface area contributed by atoms with Crippen LogP contribution in [0.25, 0.3) is 10.9 Å². The zero-order valence-corrected chi connectivity index (χ0v) is 19.8. The quantitative estimate of drug-likeness (QED) is 0.517. The monoisotopic (exact) mass is 485 g/mol. The van der Waals surface area contributed by atoms with Gasteiger partial charge in [0, 0.05) is 47.4 Å². The van der Waals surface area contributed by atoms with E-state index in [0.29, 0.717) is 12.1 Å². The lowest BCUT2D eigenvalue weighted by atomic mass is 9.73. The van der Waals surface area contributed by atoms with Gasteiger partial charge in [0.25, 0.3) is 6.43 Å². The molecule has 2 aromatic heterocycles. The minimum Gasteiger partial charge on any atom is -0.378 e. The molecule has 2 saturated heterocycles. The number of alkyl halides is 2. The summed E-state index contributed by atoms with van der Waals surface area (Å²) in [6.45, 7) is 6.14. The number of rotatable bonds is 5. The van der Waals surface area contributed by atoms with E-state index in [0.717, 1.165) is 48.9 Å². The van der Waals surface area contributed by atoms with Gasteiger partial charge in [0.1, 0.15) is 11.6 Å². The van der Waals surface area contributed by atoms with Gasteiger partial charge < -0.3 is 20.7 Å². The fourth-order valence-corrected chi connectivity index (χ4v) is 5.37. The Balaban J connectivity index is 1.38. The lowest BCUT2D eigenvalue weighted by Gasteiger charge is -2.41. The molecule has 0 bridgehead atoms. The maximum Gasteiger partial charge on any atom is 0.266 e. The average molecular weight is 486 g/mol. The molecule has 0 radical (unpaired) electrons. The van der Waals surface area contributed by atoms with Crippen LogP contribution in [0, 0.1) is 11.2 Å². The molecule has 0 unspecified atom stereocenters. The summed E-state index contributed by atoms with van der Waals surface area (Å²) < 4.78 is 46.9. The fourth-order valence-electron chi connectivity index (χ4n) is 5.37.